The van der Waals surface area contributed by atoms with E-state index in [1.165, 1.54) is 16.7 Å². The second-order valence-corrected chi connectivity index (χ2v) is 7.27. The quantitative estimate of drug-likeness (QED) is 0.553. The first-order valence-electron chi connectivity index (χ1n) is 9.24. The minimum absolute atomic E-state index is 0.0504. The molecule has 2 nitrogen and oxygen atoms in total. The van der Waals surface area contributed by atoms with Crippen molar-refractivity contribution in [1.82, 2.24) is 0 Å². The Morgan fingerprint density at radius 1 is 0.815 bits per heavy atom. The molecule has 1 amide bonds. The summed E-state index contributed by atoms with van der Waals surface area (Å²) in [5.74, 6) is 0.0504. The summed E-state index contributed by atoms with van der Waals surface area (Å²) in [7, 11) is 1.85. The van der Waals surface area contributed by atoms with Crippen molar-refractivity contribution in [3.63, 3.8) is 0 Å². The van der Waals surface area contributed by atoms with Crippen LogP contribution < -0.4 is 4.90 Å². The molecule has 1 heterocycles. The Labute approximate surface area is 160 Å². The Hall–Kier alpha value is -3.13. The number of carbonyl (C=O) groups is 1. The number of carbonyl (C=O) groups excluding carboxylic acids is 1. The van der Waals surface area contributed by atoms with Crippen LogP contribution in [0.4, 0.5) is 5.69 Å². The van der Waals surface area contributed by atoms with Gasteiger partial charge in [-0.1, -0.05) is 66.2 Å². The molecule has 134 valence electrons. The monoisotopic (exact) mass is 353 g/mol. The van der Waals surface area contributed by atoms with Gasteiger partial charge in [0.15, 0.2) is 0 Å². The van der Waals surface area contributed by atoms with Gasteiger partial charge in [-0.2, -0.15) is 0 Å². The van der Waals surface area contributed by atoms with Crippen molar-refractivity contribution >= 4 is 22.7 Å². The topological polar surface area (TPSA) is 20.3 Å². The van der Waals surface area contributed by atoms with E-state index in [0.29, 0.717) is 0 Å². The van der Waals surface area contributed by atoms with Crippen LogP contribution in [0.25, 0.3) is 11.1 Å². The maximum atomic E-state index is 13.3. The minimum Gasteiger partial charge on any atom is -0.311 e. The van der Waals surface area contributed by atoms with Gasteiger partial charge in [0.05, 0.1) is 11.3 Å². The fourth-order valence-electron chi connectivity index (χ4n) is 4.20. The lowest BCUT2D eigenvalue weighted by Crippen LogP contribution is -2.21. The Kier molecular flexibility index (Phi) is 4.19. The largest absolute Gasteiger partial charge is 0.311 e. The van der Waals surface area contributed by atoms with E-state index >= 15 is 0 Å². The number of rotatable bonds is 2. The highest BCUT2D eigenvalue weighted by molar-refractivity contribution is 6.38. The van der Waals surface area contributed by atoms with Crippen LogP contribution in [-0.2, 0) is 4.79 Å². The van der Waals surface area contributed by atoms with Gasteiger partial charge in [-0.25, -0.2) is 0 Å². The van der Waals surface area contributed by atoms with E-state index in [4.69, 9.17) is 0 Å². The summed E-state index contributed by atoms with van der Waals surface area (Å²) in [5.41, 5.74) is 9.62. The smallest absolute Gasteiger partial charge is 0.259 e. The van der Waals surface area contributed by atoms with Gasteiger partial charge in [0.2, 0.25) is 0 Å². The molecule has 0 spiro atoms. The third-order valence-electron chi connectivity index (χ3n) is 5.29. The molecule has 0 bridgehead atoms. The molecule has 0 unspecified atom stereocenters. The number of anilines is 1. The normalized spacial score (nSPS) is 15.1. The summed E-state index contributed by atoms with van der Waals surface area (Å²) in [6, 6.07) is 22.7. The van der Waals surface area contributed by atoms with E-state index in [2.05, 4.69) is 45.0 Å². The molecule has 0 aromatic heterocycles. The molecule has 2 heteroatoms. The summed E-state index contributed by atoms with van der Waals surface area (Å²) in [6.45, 7) is 6.38. The number of hydrogen-bond donors (Lipinski definition) is 0. The molecule has 27 heavy (non-hydrogen) atoms. The summed E-state index contributed by atoms with van der Waals surface area (Å²) in [4.78, 5) is 15.1. The van der Waals surface area contributed by atoms with Crippen molar-refractivity contribution in [2.45, 2.75) is 20.8 Å². The predicted molar refractivity (Wildman–Crippen MR) is 113 cm³/mol. The number of amides is 1. The van der Waals surface area contributed by atoms with E-state index < -0.39 is 0 Å². The van der Waals surface area contributed by atoms with Crippen molar-refractivity contribution in [3.05, 3.63) is 100 Å². The highest BCUT2D eigenvalue weighted by Crippen LogP contribution is 2.43. The number of aryl methyl sites for hydroxylation is 3. The van der Waals surface area contributed by atoms with Crippen LogP contribution in [-0.4, -0.2) is 13.0 Å². The highest BCUT2D eigenvalue weighted by atomic mass is 16.2. The Balaban J connectivity index is 2.14. The van der Waals surface area contributed by atoms with Crippen molar-refractivity contribution < 1.29 is 4.79 Å². The first-order chi connectivity index (χ1) is 13.0. The molecule has 0 radical (unpaired) electrons. The fraction of sp³-hybridized carbons (Fsp3) is 0.160. The summed E-state index contributed by atoms with van der Waals surface area (Å²) < 4.78 is 0. The standard InChI is InChI=1S/C25H23NO/c1-16-14-17(2)22(18(3)15-16)23(19-10-6-5-7-11-19)24-20-12-8-9-13-21(20)26(4)25(24)27/h5-15H,1-4H3/b24-23-. The van der Waals surface area contributed by atoms with Gasteiger partial charge >= 0.3 is 0 Å². The molecule has 0 fully saturated rings. The van der Waals surface area contributed by atoms with Gasteiger partial charge in [0.25, 0.3) is 5.91 Å². The van der Waals surface area contributed by atoms with Gasteiger partial charge in [0.1, 0.15) is 0 Å². The van der Waals surface area contributed by atoms with E-state index in [9.17, 15) is 4.79 Å². The summed E-state index contributed by atoms with van der Waals surface area (Å²) in [6.07, 6.45) is 0. The first-order valence-corrected chi connectivity index (χ1v) is 9.24. The van der Waals surface area contributed by atoms with Crippen molar-refractivity contribution in [3.8, 4) is 0 Å². The molecule has 4 rings (SSSR count). The van der Waals surface area contributed by atoms with Crippen molar-refractivity contribution in [2.75, 3.05) is 11.9 Å². The van der Waals surface area contributed by atoms with Crippen LogP contribution in [0.5, 0.6) is 0 Å². The third-order valence-corrected chi connectivity index (χ3v) is 5.29. The van der Waals surface area contributed by atoms with Crippen LogP contribution in [0.15, 0.2) is 66.7 Å². The lowest BCUT2D eigenvalue weighted by molar-refractivity contribution is -0.112. The number of likely N-dealkylation sites (N-methyl/N-ethyl adjacent to an activating group) is 1. The second-order valence-electron chi connectivity index (χ2n) is 7.27. The average molecular weight is 353 g/mol. The molecular weight excluding hydrogens is 330 g/mol. The molecule has 0 saturated carbocycles. The van der Waals surface area contributed by atoms with Gasteiger partial charge in [-0.05, 0) is 49.1 Å². The number of benzene rings is 3. The molecular formula is C25H23NO. The minimum atomic E-state index is 0.0504. The molecule has 3 aromatic carbocycles. The molecule has 0 aliphatic carbocycles. The molecule has 0 atom stereocenters. The van der Waals surface area contributed by atoms with Crippen LogP contribution in [0.1, 0.15) is 33.4 Å². The van der Waals surface area contributed by atoms with Crippen LogP contribution in [0.3, 0.4) is 0 Å². The number of fused-ring (bicyclic) bond motifs is 1. The van der Waals surface area contributed by atoms with Crippen molar-refractivity contribution in [2.24, 2.45) is 0 Å². The maximum absolute atomic E-state index is 13.3. The first kappa shape index (κ1) is 17.3. The average Bonchev–Trinajstić information content (AvgIpc) is 2.90. The summed E-state index contributed by atoms with van der Waals surface area (Å²) >= 11 is 0. The zero-order valence-corrected chi connectivity index (χ0v) is 16.2. The molecule has 0 saturated heterocycles. The van der Waals surface area contributed by atoms with E-state index in [0.717, 1.165) is 33.5 Å². The van der Waals surface area contributed by atoms with Gasteiger partial charge < -0.3 is 4.90 Å². The number of para-hydroxylation sites is 1. The Bertz CT molecular complexity index is 1050. The van der Waals surface area contributed by atoms with Crippen LogP contribution in [0.2, 0.25) is 0 Å². The SMILES string of the molecule is Cc1cc(C)c(/C(=C2\C(=O)N(C)c3ccccc32)c2ccccc2)c(C)c1. The molecule has 1 aliphatic heterocycles. The second kappa shape index (κ2) is 6.55. The number of nitrogens with zero attached hydrogens (tertiary/aromatic N) is 1. The lowest BCUT2D eigenvalue weighted by atomic mass is 9.85. The third kappa shape index (κ3) is 2.78. The van der Waals surface area contributed by atoms with Crippen LogP contribution >= 0.6 is 0 Å². The zero-order valence-electron chi connectivity index (χ0n) is 16.2. The van der Waals surface area contributed by atoms with Gasteiger partial charge in [0, 0.05) is 18.2 Å². The predicted octanol–water partition coefficient (Wildman–Crippen LogP) is 5.55. The van der Waals surface area contributed by atoms with Gasteiger partial charge in [-0.15, -0.1) is 0 Å². The lowest BCUT2D eigenvalue weighted by Gasteiger charge is -2.18. The molecule has 3 aromatic rings. The highest BCUT2D eigenvalue weighted by Gasteiger charge is 2.33. The van der Waals surface area contributed by atoms with Crippen LogP contribution in [0, 0.1) is 20.8 Å². The fourth-order valence-corrected chi connectivity index (χ4v) is 4.20. The van der Waals surface area contributed by atoms with E-state index in [1.54, 1.807) is 4.90 Å². The molecule has 1 aliphatic rings. The molecule has 0 N–H and O–H groups in total. The van der Waals surface area contributed by atoms with Gasteiger partial charge in [-0.3, -0.25) is 4.79 Å². The zero-order chi connectivity index (χ0) is 19.1. The van der Waals surface area contributed by atoms with E-state index in [-0.39, 0.29) is 5.91 Å². The van der Waals surface area contributed by atoms with Crippen molar-refractivity contribution in [1.29, 1.82) is 0 Å². The maximum Gasteiger partial charge on any atom is 0.259 e. The number of hydrogen-bond acceptors (Lipinski definition) is 1. The Morgan fingerprint density at radius 3 is 2.07 bits per heavy atom. The summed E-state index contributed by atoms with van der Waals surface area (Å²) in [5, 5.41) is 0. The Morgan fingerprint density at radius 2 is 1.41 bits per heavy atom. The van der Waals surface area contributed by atoms with E-state index in [1.807, 2.05) is 49.5 Å².